The molecule has 2 atom stereocenters. The first-order valence-electron chi connectivity index (χ1n) is 10.8. The molecule has 3 aromatic carbocycles. The fourth-order valence-corrected chi connectivity index (χ4v) is 5.25. The van der Waals surface area contributed by atoms with Crippen molar-refractivity contribution < 1.29 is 23.2 Å². The normalized spacial score (nSPS) is 17.5. The van der Waals surface area contributed by atoms with Crippen molar-refractivity contribution in [1.29, 1.82) is 0 Å². The minimum absolute atomic E-state index is 0.0143. The Balaban J connectivity index is 1.50. The molecular formula is C25H16Cl5F2N3O3. The molecule has 0 radical (unpaired) electrons. The number of anilines is 3. The fourth-order valence-electron chi connectivity index (χ4n) is 3.91. The lowest BCUT2D eigenvalue weighted by atomic mass is 10.1. The standard InChI is InChI=1S/C25H16Cl5F2N3O3/c1-10(36)33-22-18(31)8-13(9-19(22)32)35-23(37)14-7-12(3-5-15(14)26)34-24(38)21-20(25(21,29)30)11-2-4-16(27)17(28)6-11/h2-9,20-21H,1H3,(H,33,36)(H,34,38)(H,35,37). The molecule has 3 amide bonds. The zero-order chi connectivity index (χ0) is 27.9. The SMILES string of the molecule is CC(=O)Nc1c(F)cc(NC(=O)c2cc(NC(=O)C3C(c4ccc(Cl)c(Cl)c4)C3(Cl)Cl)ccc2Cl)cc1F. The van der Waals surface area contributed by atoms with E-state index in [1.165, 1.54) is 18.2 Å². The Labute approximate surface area is 240 Å². The maximum absolute atomic E-state index is 14.2. The smallest absolute Gasteiger partial charge is 0.257 e. The molecule has 38 heavy (non-hydrogen) atoms. The second-order valence-corrected chi connectivity index (χ2v) is 11.1. The molecule has 3 aromatic rings. The van der Waals surface area contributed by atoms with Crippen LogP contribution in [0.1, 0.15) is 28.8 Å². The van der Waals surface area contributed by atoms with Gasteiger partial charge in [-0.05, 0) is 48.0 Å². The summed E-state index contributed by atoms with van der Waals surface area (Å²) >= 11 is 30.9. The maximum atomic E-state index is 14.2. The summed E-state index contributed by atoms with van der Waals surface area (Å²) in [7, 11) is 0. The van der Waals surface area contributed by atoms with Crippen LogP contribution in [0.4, 0.5) is 25.8 Å². The Kier molecular flexibility index (Phi) is 8.12. The third-order valence-electron chi connectivity index (χ3n) is 5.72. The molecule has 1 aliphatic rings. The Morgan fingerprint density at radius 3 is 2.03 bits per heavy atom. The average Bonchev–Trinajstić information content (AvgIpc) is 3.41. The van der Waals surface area contributed by atoms with Crippen LogP contribution >= 0.6 is 58.0 Å². The molecular weight excluding hydrogens is 606 g/mol. The van der Waals surface area contributed by atoms with Gasteiger partial charge >= 0.3 is 0 Å². The van der Waals surface area contributed by atoms with Crippen LogP contribution < -0.4 is 16.0 Å². The molecule has 1 saturated carbocycles. The highest BCUT2D eigenvalue weighted by Crippen LogP contribution is 2.65. The number of carbonyl (C=O) groups excluding carboxylic acids is 3. The molecule has 198 valence electrons. The third kappa shape index (κ3) is 5.84. The Bertz CT molecular complexity index is 1460. The maximum Gasteiger partial charge on any atom is 0.257 e. The number of alkyl halides is 2. The lowest BCUT2D eigenvalue weighted by Gasteiger charge is -2.12. The first-order chi connectivity index (χ1) is 17.8. The van der Waals surface area contributed by atoms with Crippen LogP contribution in [0.25, 0.3) is 0 Å². The van der Waals surface area contributed by atoms with Crippen molar-refractivity contribution in [3.8, 4) is 0 Å². The molecule has 4 rings (SSSR count). The molecule has 0 heterocycles. The Morgan fingerprint density at radius 1 is 0.789 bits per heavy atom. The summed E-state index contributed by atoms with van der Waals surface area (Å²) in [4.78, 5) is 36.9. The van der Waals surface area contributed by atoms with Crippen molar-refractivity contribution in [2.45, 2.75) is 17.2 Å². The lowest BCUT2D eigenvalue weighted by Crippen LogP contribution is -2.18. The van der Waals surface area contributed by atoms with Gasteiger partial charge in [-0.25, -0.2) is 8.78 Å². The second-order valence-electron chi connectivity index (χ2n) is 8.44. The Hall–Kier alpha value is -2.62. The van der Waals surface area contributed by atoms with E-state index in [1.54, 1.807) is 18.2 Å². The molecule has 13 heteroatoms. The van der Waals surface area contributed by atoms with Gasteiger partial charge in [-0.2, -0.15) is 0 Å². The van der Waals surface area contributed by atoms with Crippen LogP contribution in [0, 0.1) is 17.6 Å². The van der Waals surface area contributed by atoms with Gasteiger partial charge in [0.1, 0.15) is 10.0 Å². The van der Waals surface area contributed by atoms with E-state index in [1.807, 2.05) is 5.32 Å². The van der Waals surface area contributed by atoms with Gasteiger partial charge in [-0.15, -0.1) is 23.2 Å². The van der Waals surface area contributed by atoms with E-state index in [-0.39, 0.29) is 27.0 Å². The molecule has 0 spiro atoms. The van der Waals surface area contributed by atoms with Crippen molar-refractivity contribution in [3.63, 3.8) is 0 Å². The summed E-state index contributed by atoms with van der Waals surface area (Å²) in [5.41, 5.74) is -0.124. The number of hydrogen-bond acceptors (Lipinski definition) is 3. The highest BCUT2D eigenvalue weighted by Gasteiger charge is 2.67. The number of rotatable bonds is 6. The van der Waals surface area contributed by atoms with E-state index in [0.29, 0.717) is 10.6 Å². The monoisotopic (exact) mass is 619 g/mol. The largest absolute Gasteiger partial charge is 0.326 e. The lowest BCUT2D eigenvalue weighted by molar-refractivity contribution is -0.117. The summed E-state index contributed by atoms with van der Waals surface area (Å²) in [6.45, 7) is 1.10. The van der Waals surface area contributed by atoms with Gasteiger partial charge in [0.25, 0.3) is 5.91 Å². The van der Waals surface area contributed by atoms with Crippen molar-refractivity contribution in [2.24, 2.45) is 5.92 Å². The fraction of sp³-hybridized carbons (Fsp3) is 0.160. The zero-order valence-electron chi connectivity index (χ0n) is 19.1. The molecule has 2 unspecified atom stereocenters. The van der Waals surface area contributed by atoms with Gasteiger partial charge in [0.05, 0.1) is 26.5 Å². The van der Waals surface area contributed by atoms with Gasteiger partial charge in [-0.1, -0.05) is 40.9 Å². The van der Waals surface area contributed by atoms with Crippen LogP contribution in [0.2, 0.25) is 15.1 Å². The Morgan fingerprint density at radius 2 is 1.42 bits per heavy atom. The number of halogens is 7. The molecule has 1 fully saturated rings. The van der Waals surface area contributed by atoms with Crippen LogP contribution in [0.5, 0.6) is 0 Å². The van der Waals surface area contributed by atoms with Crippen molar-refractivity contribution in [1.82, 2.24) is 0 Å². The van der Waals surface area contributed by atoms with Crippen LogP contribution in [0.15, 0.2) is 48.5 Å². The molecule has 0 aromatic heterocycles. The van der Waals surface area contributed by atoms with Crippen molar-refractivity contribution >= 4 is 92.8 Å². The summed E-state index contributed by atoms with van der Waals surface area (Å²) in [5, 5.41) is 7.66. The molecule has 1 aliphatic carbocycles. The van der Waals surface area contributed by atoms with E-state index >= 15 is 0 Å². The van der Waals surface area contributed by atoms with E-state index in [9.17, 15) is 23.2 Å². The number of amides is 3. The summed E-state index contributed by atoms with van der Waals surface area (Å²) in [6, 6.07) is 10.6. The number of nitrogens with one attached hydrogen (secondary N) is 3. The third-order valence-corrected chi connectivity index (χ3v) is 7.73. The predicted molar refractivity (Wildman–Crippen MR) is 146 cm³/mol. The van der Waals surface area contributed by atoms with Gasteiger partial charge in [-0.3, -0.25) is 14.4 Å². The molecule has 0 bridgehead atoms. The van der Waals surface area contributed by atoms with Crippen LogP contribution in [-0.4, -0.2) is 22.1 Å². The van der Waals surface area contributed by atoms with Gasteiger partial charge < -0.3 is 16.0 Å². The zero-order valence-corrected chi connectivity index (χ0v) is 22.9. The average molecular weight is 622 g/mol. The second kappa shape index (κ2) is 10.9. The van der Waals surface area contributed by atoms with E-state index < -0.39 is 51.2 Å². The summed E-state index contributed by atoms with van der Waals surface area (Å²) in [5.74, 6) is -5.55. The van der Waals surface area contributed by atoms with Gasteiger partial charge in [0.2, 0.25) is 11.8 Å². The quantitative estimate of drug-likeness (QED) is 0.247. The number of hydrogen-bond donors (Lipinski definition) is 3. The first-order valence-corrected chi connectivity index (χ1v) is 12.7. The summed E-state index contributed by atoms with van der Waals surface area (Å²) in [6.07, 6.45) is 0. The van der Waals surface area contributed by atoms with Crippen LogP contribution in [0.3, 0.4) is 0 Å². The minimum Gasteiger partial charge on any atom is -0.326 e. The minimum atomic E-state index is -1.40. The molecule has 6 nitrogen and oxygen atoms in total. The van der Waals surface area contributed by atoms with Gasteiger partial charge in [0.15, 0.2) is 11.6 Å². The predicted octanol–water partition coefficient (Wildman–Crippen LogP) is 7.66. The molecule has 0 saturated heterocycles. The van der Waals surface area contributed by atoms with E-state index in [4.69, 9.17) is 58.0 Å². The van der Waals surface area contributed by atoms with E-state index in [0.717, 1.165) is 19.1 Å². The number of carbonyl (C=O) groups is 3. The summed E-state index contributed by atoms with van der Waals surface area (Å²) < 4.78 is 27.1. The number of benzene rings is 3. The van der Waals surface area contributed by atoms with Gasteiger partial charge in [0, 0.05) is 24.2 Å². The topological polar surface area (TPSA) is 87.3 Å². The first kappa shape index (κ1) is 28.4. The van der Waals surface area contributed by atoms with Crippen molar-refractivity contribution in [2.75, 3.05) is 16.0 Å². The van der Waals surface area contributed by atoms with Crippen molar-refractivity contribution in [3.05, 3.63) is 86.4 Å². The highest BCUT2D eigenvalue weighted by atomic mass is 35.5. The van der Waals surface area contributed by atoms with Crippen LogP contribution in [-0.2, 0) is 9.59 Å². The molecule has 0 aliphatic heterocycles. The molecule has 3 N–H and O–H groups in total. The highest BCUT2D eigenvalue weighted by molar-refractivity contribution is 6.53. The van der Waals surface area contributed by atoms with E-state index in [2.05, 4.69) is 10.6 Å².